The molecule has 0 N–H and O–H groups in total. The van der Waals surface area contributed by atoms with Crippen LogP contribution in [0.1, 0.15) is 0 Å². The van der Waals surface area contributed by atoms with Crippen LogP contribution in [-0.2, 0) is 9.84 Å². The monoisotopic (exact) mass is 412 g/mol. The molecule has 1 heterocycles. The molecule has 152 valence electrons. The highest BCUT2D eigenvalue weighted by Crippen LogP contribution is 2.34. The molecule has 2 aromatic carbocycles. The second-order valence-electron chi connectivity index (χ2n) is 6.48. The summed E-state index contributed by atoms with van der Waals surface area (Å²) in [7, 11) is -0.344. The third kappa shape index (κ3) is 4.36. The summed E-state index contributed by atoms with van der Waals surface area (Å²) in [6, 6.07) is 9.74. The number of ether oxygens (including phenoxy) is 2. The van der Waals surface area contributed by atoms with Crippen molar-refractivity contribution in [2.24, 2.45) is 0 Å². The van der Waals surface area contributed by atoms with E-state index < -0.39 is 16.4 Å². The quantitative estimate of drug-likeness (QED) is 0.727. The van der Waals surface area contributed by atoms with Gasteiger partial charge in [0.05, 0.1) is 22.6 Å². The highest BCUT2D eigenvalue weighted by Gasteiger charge is 2.24. The summed E-state index contributed by atoms with van der Waals surface area (Å²) in [5.74, 6) is 0.377. The maximum atomic E-state index is 13.0. The molecule has 9 heteroatoms. The first-order valence-corrected chi connectivity index (χ1v) is 10.2. The molecule has 0 amide bonds. The Bertz CT molecular complexity index is 929. The van der Waals surface area contributed by atoms with E-state index in [-0.39, 0.29) is 15.5 Å². The van der Waals surface area contributed by atoms with Crippen molar-refractivity contribution in [2.45, 2.75) is 16.4 Å². The number of anilines is 1. The van der Waals surface area contributed by atoms with Crippen LogP contribution in [0.3, 0.4) is 0 Å². The molecule has 0 spiro atoms. The molecule has 1 saturated heterocycles. The zero-order chi connectivity index (χ0) is 20.3. The number of methoxy groups -OCH3 is 1. The average molecular weight is 412 g/mol. The van der Waals surface area contributed by atoms with E-state index in [2.05, 4.69) is 14.5 Å². The summed E-state index contributed by atoms with van der Waals surface area (Å²) < 4.78 is 60.7. The van der Waals surface area contributed by atoms with E-state index in [1.165, 1.54) is 31.4 Å². The van der Waals surface area contributed by atoms with Crippen molar-refractivity contribution < 1.29 is 26.7 Å². The van der Waals surface area contributed by atoms with Crippen molar-refractivity contribution in [2.75, 3.05) is 45.2 Å². The van der Waals surface area contributed by atoms with Crippen LogP contribution >= 0.6 is 0 Å². The fraction of sp³-hybridized carbons (Fsp3) is 0.368. The van der Waals surface area contributed by atoms with Crippen LogP contribution in [0.15, 0.2) is 52.3 Å². The van der Waals surface area contributed by atoms with Crippen LogP contribution in [0.25, 0.3) is 0 Å². The third-order valence-corrected chi connectivity index (χ3v) is 6.39. The molecule has 6 nitrogen and oxygen atoms in total. The number of benzene rings is 2. The molecule has 28 heavy (non-hydrogen) atoms. The zero-order valence-electron chi connectivity index (χ0n) is 15.6. The van der Waals surface area contributed by atoms with Crippen molar-refractivity contribution in [3.63, 3.8) is 0 Å². The molecule has 0 atom stereocenters. The van der Waals surface area contributed by atoms with Crippen LogP contribution in [0.4, 0.5) is 14.5 Å². The number of rotatable bonds is 6. The van der Waals surface area contributed by atoms with Crippen LogP contribution in [0, 0.1) is 0 Å². The van der Waals surface area contributed by atoms with Crippen molar-refractivity contribution >= 4 is 15.5 Å². The van der Waals surface area contributed by atoms with Gasteiger partial charge in [-0.2, -0.15) is 8.78 Å². The molecule has 1 aliphatic heterocycles. The second kappa shape index (κ2) is 8.32. The summed E-state index contributed by atoms with van der Waals surface area (Å²) in [4.78, 5) is 4.23. The van der Waals surface area contributed by atoms with Gasteiger partial charge in [0.1, 0.15) is 11.5 Å². The smallest absolute Gasteiger partial charge is 0.387 e. The minimum atomic E-state index is -3.91. The van der Waals surface area contributed by atoms with Gasteiger partial charge in [0.25, 0.3) is 0 Å². The zero-order valence-corrected chi connectivity index (χ0v) is 16.5. The van der Waals surface area contributed by atoms with Gasteiger partial charge in [-0.3, -0.25) is 0 Å². The van der Waals surface area contributed by atoms with Crippen LogP contribution in [0.5, 0.6) is 11.5 Å². The van der Waals surface area contributed by atoms with E-state index in [1.807, 2.05) is 7.05 Å². The Kier molecular flexibility index (Phi) is 6.04. The van der Waals surface area contributed by atoms with Gasteiger partial charge in [-0.15, -0.1) is 0 Å². The molecular weight excluding hydrogens is 390 g/mol. The molecule has 0 radical (unpaired) electrons. The van der Waals surface area contributed by atoms with Crippen LogP contribution < -0.4 is 14.4 Å². The molecule has 0 unspecified atom stereocenters. The summed E-state index contributed by atoms with van der Waals surface area (Å²) in [5.41, 5.74) is 0.691. The van der Waals surface area contributed by atoms with Crippen LogP contribution in [-0.4, -0.2) is 60.3 Å². The molecule has 3 rings (SSSR count). The van der Waals surface area contributed by atoms with E-state index in [0.29, 0.717) is 11.4 Å². The number of piperazine rings is 1. The summed E-state index contributed by atoms with van der Waals surface area (Å²) >= 11 is 0. The molecular formula is C19H22F2N2O4S. The van der Waals surface area contributed by atoms with Gasteiger partial charge in [-0.05, 0) is 43.4 Å². The van der Waals surface area contributed by atoms with Gasteiger partial charge in [0.2, 0.25) is 9.84 Å². The largest absolute Gasteiger partial charge is 0.495 e. The SMILES string of the molecule is COc1ccc(S(=O)(=O)c2cccc(OC(F)F)c2)cc1N1CCN(C)CC1. The molecule has 1 aliphatic rings. The normalized spacial score (nSPS) is 15.7. The average Bonchev–Trinajstić information content (AvgIpc) is 2.68. The van der Waals surface area contributed by atoms with Gasteiger partial charge in [-0.25, -0.2) is 8.42 Å². The van der Waals surface area contributed by atoms with E-state index in [1.54, 1.807) is 12.1 Å². The lowest BCUT2D eigenvalue weighted by molar-refractivity contribution is -0.0499. The Hall–Kier alpha value is -2.39. The molecule has 0 saturated carbocycles. The maximum absolute atomic E-state index is 13.0. The molecule has 0 bridgehead atoms. The van der Waals surface area contributed by atoms with Crippen molar-refractivity contribution in [1.29, 1.82) is 0 Å². The Morgan fingerprint density at radius 3 is 2.32 bits per heavy atom. The van der Waals surface area contributed by atoms with Gasteiger partial charge < -0.3 is 19.3 Å². The summed E-state index contributed by atoms with van der Waals surface area (Å²) in [6.45, 7) is 0.172. The van der Waals surface area contributed by atoms with Gasteiger partial charge in [-0.1, -0.05) is 6.07 Å². The summed E-state index contributed by atoms with van der Waals surface area (Å²) in [6.07, 6.45) is 0. The number of hydrogen-bond donors (Lipinski definition) is 0. The highest BCUT2D eigenvalue weighted by atomic mass is 32.2. The first kappa shape index (κ1) is 20.3. The Balaban J connectivity index is 1.97. The minimum absolute atomic E-state index is 0.0661. The lowest BCUT2D eigenvalue weighted by atomic mass is 10.2. The number of likely N-dealkylation sites (N-methyl/N-ethyl adjacent to an activating group) is 1. The highest BCUT2D eigenvalue weighted by molar-refractivity contribution is 7.91. The van der Waals surface area contributed by atoms with Crippen LogP contribution in [0.2, 0.25) is 0 Å². The Labute approximate surface area is 163 Å². The van der Waals surface area contributed by atoms with Gasteiger partial charge in [0.15, 0.2) is 0 Å². The Morgan fingerprint density at radius 2 is 1.68 bits per heavy atom. The third-order valence-electron chi connectivity index (χ3n) is 4.65. The first-order chi connectivity index (χ1) is 13.3. The molecule has 0 aliphatic carbocycles. The van der Waals surface area contributed by atoms with Crippen molar-refractivity contribution in [3.8, 4) is 11.5 Å². The topological polar surface area (TPSA) is 59.1 Å². The predicted octanol–water partition coefficient (Wildman–Crippen LogP) is 2.88. The van der Waals surface area contributed by atoms with Gasteiger partial charge in [0, 0.05) is 26.2 Å². The second-order valence-corrected chi connectivity index (χ2v) is 8.43. The Morgan fingerprint density at radius 1 is 1.00 bits per heavy atom. The maximum Gasteiger partial charge on any atom is 0.387 e. The fourth-order valence-electron chi connectivity index (χ4n) is 3.09. The van der Waals surface area contributed by atoms with E-state index in [9.17, 15) is 17.2 Å². The first-order valence-electron chi connectivity index (χ1n) is 8.73. The predicted molar refractivity (Wildman–Crippen MR) is 101 cm³/mol. The number of sulfone groups is 1. The van der Waals surface area contributed by atoms with E-state index in [4.69, 9.17) is 4.74 Å². The number of halogens is 2. The molecule has 2 aromatic rings. The summed E-state index contributed by atoms with van der Waals surface area (Å²) in [5, 5.41) is 0. The molecule has 0 aromatic heterocycles. The van der Waals surface area contributed by atoms with Gasteiger partial charge >= 0.3 is 6.61 Å². The lowest BCUT2D eigenvalue weighted by Gasteiger charge is -2.34. The molecule has 1 fully saturated rings. The fourth-order valence-corrected chi connectivity index (χ4v) is 4.40. The standard InChI is InChI=1S/C19H22F2N2O4S/c1-22-8-10-23(11-9-22)17-13-16(6-7-18(17)26-2)28(24,25)15-5-3-4-14(12-15)27-19(20)21/h3-7,12-13,19H,8-11H2,1-2H3. The number of nitrogens with zero attached hydrogens (tertiary/aromatic N) is 2. The minimum Gasteiger partial charge on any atom is -0.495 e. The van der Waals surface area contributed by atoms with Crippen molar-refractivity contribution in [1.82, 2.24) is 4.90 Å². The lowest BCUT2D eigenvalue weighted by Crippen LogP contribution is -2.44. The van der Waals surface area contributed by atoms with E-state index >= 15 is 0 Å². The number of hydrogen-bond acceptors (Lipinski definition) is 6. The van der Waals surface area contributed by atoms with Crippen molar-refractivity contribution in [3.05, 3.63) is 42.5 Å². The van der Waals surface area contributed by atoms with E-state index in [0.717, 1.165) is 32.2 Å². The number of alkyl halides is 2.